The van der Waals surface area contributed by atoms with E-state index in [1.807, 2.05) is 26.0 Å². The molecule has 6 heteroatoms. The van der Waals surface area contributed by atoms with Gasteiger partial charge in [-0.2, -0.15) is 0 Å². The minimum atomic E-state index is -0.0195. The summed E-state index contributed by atoms with van der Waals surface area (Å²) in [6, 6.07) is 3.95. The van der Waals surface area contributed by atoms with E-state index in [4.69, 9.17) is 4.52 Å². The number of aromatic nitrogens is 2. The van der Waals surface area contributed by atoms with Crippen molar-refractivity contribution >= 4 is 17.7 Å². The standard InChI is InChI=1S/C19H25N3O2S/c1-12-6-8-15(9-7-12)21-18(23)16-5-4-10-20-19(16)25-11-17-13(2)22-24-14(17)3/h4-5,10,12,15H,6-9,11H2,1-3H3,(H,21,23). The Kier molecular flexibility index (Phi) is 5.78. The van der Waals surface area contributed by atoms with Gasteiger partial charge >= 0.3 is 0 Å². The average Bonchev–Trinajstić information content (AvgIpc) is 2.93. The predicted molar refractivity (Wildman–Crippen MR) is 98.7 cm³/mol. The van der Waals surface area contributed by atoms with Crippen molar-refractivity contribution in [2.45, 2.75) is 63.3 Å². The molecule has 0 atom stereocenters. The van der Waals surface area contributed by atoms with E-state index in [1.165, 1.54) is 12.8 Å². The second-order valence-corrected chi connectivity index (χ2v) is 7.84. The van der Waals surface area contributed by atoms with Crippen LogP contribution in [0, 0.1) is 19.8 Å². The number of thioether (sulfide) groups is 1. The molecular weight excluding hydrogens is 334 g/mol. The summed E-state index contributed by atoms with van der Waals surface area (Å²) < 4.78 is 5.21. The number of nitrogens with one attached hydrogen (secondary N) is 1. The lowest BCUT2D eigenvalue weighted by atomic mass is 9.87. The predicted octanol–water partition coefficient (Wildman–Crippen LogP) is 4.29. The van der Waals surface area contributed by atoms with Gasteiger partial charge < -0.3 is 9.84 Å². The second-order valence-electron chi connectivity index (χ2n) is 6.88. The fourth-order valence-electron chi connectivity index (χ4n) is 3.19. The maximum atomic E-state index is 12.7. The molecule has 1 fully saturated rings. The van der Waals surface area contributed by atoms with Gasteiger partial charge in [0, 0.05) is 23.6 Å². The van der Waals surface area contributed by atoms with Crippen LogP contribution in [-0.2, 0) is 5.75 Å². The van der Waals surface area contributed by atoms with Gasteiger partial charge in [0.1, 0.15) is 10.8 Å². The summed E-state index contributed by atoms with van der Waals surface area (Å²) in [7, 11) is 0. The molecule has 0 unspecified atom stereocenters. The van der Waals surface area contributed by atoms with Crippen molar-refractivity contribution in [3.63, 3.8) is 0 Å². The van der Waals surface area contributed by atoms with E-state index < -0.39 is 0 Å². The molecule has 1 saturated carbocycles. The van der Waals surface area contributed by atoms with E-state index >= 15 is 0 Å². The van der Waals surface area contributed by atoms with Crippen LogP contribution in [-0.4, -0.2) is 22.1 Å². The topological polar surface area (TPSA) is 68.0 Å². The van der Waals surface area contributed by atoms with Gasteiger partial charge in [0.2, 0.25) is 0 Å². The fourth-order valence-corrected chi connectivity index (χ4v) is 4.34. The summed E-state index contributed by atoms with van der Waals surface area (Å²) in [4.78, 5) is 17.1. The van der Waals surface area contributed by atoms with Crippen LogP contribution < -0.4 is 5.32 Å². The molecule has 2 heterocycles. The number of amides is 1. The molecule has 1 N–H and O–H groups in total. The minimum Gasteiger partial charge on any atom is -0.361 e. The Hall–Kier alpha value is -1.82. The minimum absolute atomic E-state index is 0.0195. The molecular formula is C19H25N3O2S. The first-order valence-electron chi connectivity index (χ1n) is 8.85. The van der Waals surface area contributed by atoms with Gasteiger partial charge in [-0.15, -0.1) is 11.8 Å². The zero-order chi connectivity index (χ0) is 17.8. The third-order valence-electron chi connectivity index (χ3n) is 4.90. The molecule has 5 nitrogen and oxygen atoms in total. The number of aryl methyl sites for hydroxylation is 2. The quantitative estimate of drug-likeness (QED) is 0.807. The van der Waals surface area contributed by atoms with E-state index in [2.05, 4.69) is 22.4 Å². The zero-order valence-electron chi connectivity index (χ0n) is 15.0. The Morgan fingerprint density at radius 1 is 1.32 bits per heavy atom. The van der Waals surface area contributed by atoms with Crippen molar-refractivity contribution in [1.29, 1.82) is 0 Å². The molecule has 0 spiro atoms. The van der Waals surface area contributed by atoms with Crippen molar-refractivity contribution < 1.29 is 9.32 Å². The molecule has 3 rings (SSSR count). The largest absolute Gasteiger partial charge is 0.361 e. The molecule has 0 saturated heterocycles. The maximum absolute atomic E-state index is 12.7. The smallest absolute Gasteiger partial charge is 0.254 e. The van der Waals surface area contributed by atoms with Gasteiger partial charge in [0.05, 0.1) is 11.3 Å². The molecule has 1 amide bonds. The maximum Gasteiger partial charge on any atom is 0.254 e. The van der Waals surface area contributed by atoms with Gasteiger partial charge in [-0.1, -0.05) is 12.1 Å². The van der Waals surface area contributed by atoms with Crippen molar-refractivity contribution in [2.75, 3.05) is 0 Å². The number of carbonyl (C=O) groups excluding carboxylic acids is 1. The van der Waals surface area contributed by atoms with Gasteiger partial charge in [-0.05, 0) is 57.6 Å². The SMILES string of the molecule is Cc1noc(C)c1CSc1ncccc1C(=O)NC1CCC(C)CC1. The normalized spacial score (nSPS) is 20.4. The first-order chi connectivity index (χ1) is 12.0. The van der Waals surface area contributed by atoms with Crippen LogP contribution in [0.5, 0.6) is 0 Å². The first kappa shape index (κ1) is 18.0. The second kappa shape index (κ2) is 8.04. The lowest BCUT2D eigenvalue weighted by Crippen LogP contribution is -2.37. The van der Waals surface area contributed by atoms with Gasteiger partial charge in [-0.25, -0.2) is 4.98 Å². The summed E-state index contributed by atoms with van der Waals surface area (Å²) in [5.74, 6) is 2.27. The van der Waals surface area contributed by atoms with Crippen molar-refractivity contribution in [3.8, 4) is 0 Å². The van der Waals surface area contributed by atoms with Crippen LogP contribution in [0.15, 0.2) is 27.9 Å². The summed E-state index contributed by atoms with van der Waals surface area (Å²) in [6.45, 7) is 6.12. The number of carbonyl (C=O) groups is 1. The van der Waals surface area contributed by atoms with E-state index in [0.717, 1.165) is 40.8 Å². The Morgan fingerprint density at radius 2 is 2.08 bits per heavy atom. The lowest BCUT2D eigenvalue weighted by Gasteiger charge is -2.27. The third-order valence-corrected chi connectivity index (χ3v) is 5.93. The summed E-state index contributed by atoms with van der Waals surface area (Å²) in [5, 5.41) is 7.92. The molecule has 0 aliphatic heterocycles. The highest BCUT2D eigenvalue weighted by Gasteiger charge is 2.22. The summed E-state index contributed by atoms with van der Waals surface area (Å²) in [5.41, 5.74) is 2.62. The Morgan fingerprint density at radius 3 is 2.76 bits per heavy atom. The summed E-state index contributed by atoms with van der Waals surface area (Å²) >= 11 is 1.55. The number of nitrogens with zero attached hydrogens (tertiary/aromatic N) is 2. The molecule has 134 valence electrons. The van der Waals surface area contributed by atoms with E-state index in [1.54, 1.807) is 18.0 Å². The Balaban J connectivity index is 1.67. The number of rotatable bonds is 5. The van der Waals surface area contributed by atoms with Crippen LogP contribution in [0.2, 0.25) is 0 Å². The highest BCUT2D eigenvalue weighted by molar-refractivity contribution is 7.98. The number of hydrogen-bond acceptors (Lipinski definition) is 5. The van der Waals surface area contributed by atoms with Gasteiger partial charge in [0.25, 0.3) is 5.91 Å². The Labute approximate surface area is 153 Å². The molecule has 2 aromatic rings. The van der Waals surface area contributed by atoms with E-state index in [9.17, 15) is 4.79 Å². The molecule has 0 bridgehead atoms. The molecule has 0 aromatic carbocycles. The summed E-state index contributed by atoms with van der Waals surface area (Å²) in [6.07, 6.45) is 6.23. The number of hydrogen-bond donors (Lipinski definition) is 1. The van der Waals surface area contributed by atoms with Gasteiger partial charge in [0.15, 0.2) is 0 Å². The highest BCUT2D eigenvalue weighted by Crippen LogP contribution is 2.28. The highest BCUT2D eigenvalue weighted by atomic mass is 32.2. The molecule has 25 heavy (non-hydrogen) atoms. The van der Waals surface area contributed by atoms with Crippen molar-refractivity contribution in [3.05, 3.63) is 40.9 Å². The van der Waals surface area contributed by atoms with Crippen LogP contribution in [0.3, 0.4) is 0 Å². The fraction of sp³-hybridized carbons (Fsp3) is 0.526. The monoisotopic (exact) mass is 359 g/mol. The molecule has 0 radical (unpaired) electrons. The molecule has 1 aliphatic rings. The van der Waals surface area contributed by atoms with Crippen LogP contribution in [0.25, 0.3) is 0 Å². The van der Waals surface area contributed by atoms with Gasteiger partial charge in [-0.3, -0.25) is 4.79 Å². The molecule has 2 aromatic heterocycles. The third kappa shape index (κ3) is 4.42. The average molecular weight is 359 g/mol. The first-order valence-corrected chi connectivity index (χ1v) is 9.83. The molecule has 1 aliphatic carbocycles. The lowest BCUT2D eigenvalue weighted by molar-refractivity contribution is 0.0919. The van der Waals surface area contributed by atoms with Crippen LogP contribution in [0.4, 0.5) is 0 Å². The van der Waals surface area contributed by atoms with Crippen LogP contribution in [0.1, 0.15) is 60.0 Å². The number of pyridine rings is 1. The van der Waals surface area contributed by atoms with Crippen LogP contribution >= 0.6 is 11.8 Å². The van der Waals surface area contributed by atoms with E-state index in [0.29, 0.717) is 11.3 Å². The Bertz CT molecular complexity index is 717. The van der Waals surface area contributed by atoms with Crippen molar-refractivity contribution in [1.82, 2.24) is 15.5 Å². The zero-order valence-corrected chi connectivity index (χ0v) is 15.9. The van der Waals surface area contributed by atoms with E-state index in [-0.39, 0.29) is 11.9 Å². The van der Waals surface area contributed by atoms with Crippen molar-refractivity contribution in [2.24, 2.45) is 5.92 Å².